The van der Waals surface area contributed by atoms with Crippen molar-refractivity contribution in [2.75, 3.05) is 35.7 Å². The van der Waals surface area contributed by atoms with Crippen LogP contribution in [-0.2, 0) is 6.18 Å². The predicted octanol–water partition coefficient (Wildman–Crippen LogP) is 7.22. The minimum atomic E-state index is -4.76. The Balaban J connectivity index is 1.06. The lowest BCUT2D eigenvalue weighted by Gasteiger charge is -2.26. The molecule has 1 aliphatic heterocycles. The Morgan fingerprint density at radius 1 is 0.833 bits per heavy atom. The summed E-state index contributed by atoms with van der Waals surface area (Å²) in [4.78, 5) is 29.5. The van der Waals surface area contributed by atoms with Gasteiger partial charge < -0.3 is 35.4 Å². The minimum Gasteiger partial charge on any atom is -0.494 e. The van der Waals surface area contributed by atoms with E-state index in [0.29, 0.717) is 30.9 Å². The SMILES string of the molecule is CN(C(=O)c1cc(-n2c(O)ccc2O)cc(C(F)(F)F)c1)C1CCN(c2ccc(NC(=O)Nc3ccc(OC4CCCC4)cc3)cc2)C1. The lowest BCUT2D eigenvalue weighted by Crippen LogP contribution is -2.39. The first-order chi connectivity index (χ1) is 22.9. The maximum atomic E-state index is 13.8. The van der Waals surface area contributed by atoms with Gasteiger partial charge in [0.05, 0.1) is 23.4 Å². The summed E-state index contributed by atoms with van der Waals surface area (Å²) in [6, 6.07) is 18.9. The van der Waals surface area contributed by atoms with Gasteiger partial charge in [-0.2, -0.15) is 13.2 Å². The number of nitrogens with zero attached hydrogens (tertiary/aromatic N) is 3. The molecule has 2 aliphatic rings. The number of anilines is 3. The van der Waals surface area contributed by atoms with Gasteiger partial charge in [0.2, 0.25) is 0 Å². The number of hydrogen-bond acceptors (Lipinski definition) is 6. The van der Waals surface area contributed by atoms with Crippen LogP contribution in [-0.4, -0.2) is 63.9 Å². The van der Waals surface area contributed by atoms with Crippen LogP contribution >= 0.6 is 0 Å². The topological polar surface area (TPSA) is 119 Å². The standard InChI is InChI=1S/C35H36F3N5O5/c1-41(33(46)22-18-23(35(36,37)38)20-28(19-22)43-31(44)14-15-32(43)45)27-16-17-42(21-27)26-10-6-24(7-11-26)39-34(47)40-25-8-12-30(13-9-25)48-29-4-2-3-5-29/h6-15,18-20,27,29,44-45H,2-5,16-17,21H2,1H3,(H2,39,40,47). The first kappa shape index (κ1) is 32.6. The Kier molecular flexibility index (Phi) is 9.11. The molecule has 1 atom stereocenters. The maximum absolute atomic E-state index is 13.8. The summed E-state index contributed by atoms with van der Waals surface area (Å²) in [7, 11) is 1.54. The average Bonchev–Trinajstić information content (AvgIpc) is 3.83. The first-order valence-corrected chi connectivity index (χ1v) is 15.7. The van der Waals surface area contributed by atoms with Crippen LogP contribution in [0.2, 0.25) is 0 Å². The summed E-state index contributed by atoms with van der Waals surface area (Å²) in [5.74, 6) is -0.784. The van der Waals surface area contributed by atoms with Crippen molar-refractivity contribution in [1.82, 2.24) is 9.47 Å². The number of amides is 3. The molecule has 4 N–H and O–H groups in total. The predicted molar refractivity (Wildman–Crippen MR) is 175 cm³/mol. The van der Waals surface area contributed by atoms with Crippen molar-refractivity contribution in [3.8, 4) is 23.2 Å². The second kappa shape index (κ2) is 13.4. The quantitative estimate of drug-likeness (QED) is 0.158. The molecule has 3 amide bonds. The van der Waals surface area contributed by atoms with Gasteiger partial charge in [-0.15, -0.1) is 0 Å². The summed E-state index contributed by atoms with van der Waals surface area (Å²) in [6.07, 6.45) is 0.587. The third kappa shape index (κ3) is 7.29. The van der Waals surface area contributed by atoms with Crippen molar-refractivity contribution in [2.24, 2.45) is 0 Å². The molecule has 3 aromatic carbocycles. The van der Waals surface area contributed by atoms with E-state index in [1.807, 2.05) is 24.3 Å². The van der Waals surface area contributed by atoms with E-state index >= 15 is 0 Å². The van der Waals surface area contributed by atoms with E-state index in [9.17, 15) is 33.0 Å². The molecule has 48 heavy (non-hydrogen) atoms. The molecule has 1 aliphatic carbocycles. The molecule has 2 fully saturated rings. The number of likely N-dealkylation sites (N-methyl/N-ethyl adjacent to an activating group) is 1. The molecule has 0 radical (unpaired) electrons. The van der Waals surface area contributed by atoms with Crippen LogP contribution in [0.15, 0.2) is 78.9 Å². The molecule has 2 heterocycles. The Bertz CT molecular complexity index is 1750. The number of carbonyl (C=O) groups is 2. The van der Waals surface area contributed by atoms with Crippen LogP contribution in [0.5, 0.6) is 17.5 Å². The van der Waals surface area contributed by atoms with Gasteiger partial charge in [0.1, 0.15) is 5.75 Å². The van der Waals surface area contributed by atoms with E-state index < -0.39 is 35.4 Å². The van der Waals surface area contributed by atoms with Gasteiger partial charge in [0.25, 0.3) is 5.91 Å². The molecule has 6 rings (SSSR count). The number of halogens is 3. The summed E-state index contributed by atoms with van der Waals surface area (Å²) < 4.78 is 48.1. The highest BCUT2D eigenvalue weighted by molar-refractivity contribution is 6.00. The van der Waals surface area contributed by atoms with E-state index in [0.717, 1.165) is 53.1 Å². The maximum Gasteiger partial charge on any atom is 0.416 e. The molecule has 1 aromatic heterocycles. The van der Waals surface area contributed by atoms with Crippen LogP contribution in [0.1, 0.15) is 48.0 Å². The van der Waals surface area contributed by atoms with Gasteiger partial charge in [-0.1, -0.05) is 0 Å². The van der Waals surface area contributed by atoms with Crippen molar-refractivity contribution in [2.45, 2.75) is 50.4 Å². The summed E-state index contributed by atoms with van der Waals surface area (Å²) in [6.45, 7) is 1.05. The molecule has 0 spiro atoms. The Morgan fingerprint density at radius 2 is 1.44 bits per heavy atom. The van der Waals surface area contributed by atoms with Crippen LogP contribution in [0.3, 0.4) is 0 Å². The fourth-order valence-corrected chi connectivity index (χ4v) is 6.23. The van der Waals surface area contributed by atoms with Crippen molar-refractivity contribution < 1.29 is 37.7 Å². The lowest BCUT2D eigenvalue weighted by molar-refractivity contribution is -0.137. The Hall–Kier alpha value is -5.33. The lowest BCUT2D eigenvalue weighted by atomic mass is 10.1. The fourth-order valence-electron chi connectivity index (χ4n) is 6.23. The Labute approximate surface area is 275 Å². The molecule has 4 aromatic rings. The van der Waals surface area contributed by atoms with Gasteiger partial charge >= 0.3 is 12.2 Å². The third-order valence-corrected chi connectivity index (χ3v) is 8.83. The zero-order valence-electron chi connectivity index (χ0n) is 26.2. The second-order valence-corrected chi connectivity index (χ2v) is 12.1. The normalized spacial score (nSPS) is 16.6. The number of hydrogen-bond donors (Lipinski definition) is 4. The number of benzene rings is 3. The highest BCUT2D eigenvalue weighted by Gasteiger charge is 2.34. The fraction of sp³-hybridized carbons (Fsp3) is 0.314. The van der Waals surface area contributed by atoms with E-state index in [1.54, 1.807) is 31.3 Å². The van der Waals surface area contributed by atoms with E-state index in [2.05, 4.69) is 15.5 Å². The molecular weight excluding hydrogens is 627 g/mol. The summed E-state index contributed by atoms with van der Waals surface area (Å²) in [5, 5.41) is 25.8. The van der Waals surface area contributed by atoms with Crippen LogP contribution in [0.4, 0.5) is 35.0 Å². The molecule has 13 heteroatoms. The average molecular weight is 664 g/mol. The number of aromatic nitrogens is 1. The number of nitrogens with one attached hydrogen (secondary N) is 2. The minimum absolute atomic E-state index is 0.195. The van der Waals surface area contributed by atoms with E-state index in [-0.39, 0.29) is 23.4 Å². The monoisotopic (exact) mass is 663 g/mol. The van der Waals surface area contributed by atoms with E-state index in [1.165, 1.54) is 23.8 Å². The molecule has 1 unspecified atom stereocenters. The number of carbonyl (C=O) groups excluding carboxylic acids is 2. The van der Waals surface area contributed by atoms with Crippen LogP contribution in [0.25, 0.3) is 5.69 Å². The highest BCUT2D eigenvalue weighted by atomic mass is 19.4. The number of rotatable bonds is 8. The summed E-state index contributed by atoms with van der Waals surface area (Å²) >= 11 is 0. The zero-order valence-corrected chi connectivity index (χ0v) is 26.2. The van der Waals surface area contributed by atoms with Crippen molar-refractivity contribution in [1.29, 1.82) is 0 Å². The number of ether oxygens (including phenoxy) is 1. The smallest absolute Gasteiger partial charge is 0.416 e. The molecule has 0 bridgehead atoms. The largest absolute Gasteiger partial charge is 0.494 e. The van der Waals surface area contributed by atoms with E-state index in [4.69, 9.17) is 4.74 Å². The van der Waals surface area contributed by atoms with Gasteiger partial charge in [-0.25, -0.2) is 4.79 Å². The summed E-state index contributed by atoms with van der Waals surface area (Å²) in [5.41, 5.74) is 0.575. The van der Waals surface area contributed by atoms with Gasteiger partial charge in [-0.05, 0) is 98.8 Å². The van der Waals surface area contributed by atoms with Crippen molar-refractivity contribution >= 4 is 29.0 Å². The molecule has 252 valence electrons. The highest BCUT2D eigenvalue weighted by Crippen LogP contribution is 2.35. The first-order valence-electron chi connectivity index (χ1n) is 15.7. The van der Waals surface area contributed by atoms with Crippen LogP contribution < -0.4 is 20.3 Å². The number of alkyl halides is 3. The number of aromatic hydroxyl groups is 2. The third-order valence-electron chi connectivity index (χ3n) is 8.83. The van der Waals surface area contributed by atoms with Crippen molar-refractivity contribution in [3.63, 3.8) is 0 Å². The Morgan fingerprint density at radius 3 is 2.04 bits per heavy atom. The van der Waals surface area contributed by atoms with Gasteiger partial charge in [0, 0.05) is 54.9 Å². The molecule has 10 nitrogen and oxygen atoms in total. The second-order valence-electron chi connectivity index (χ2n) is 12.1. The van der Waals surface area contributed by atoms with Gasteiger partial charge in [0.15, 0.2) is 11.8 Å². The van der Waals surface area contributed by atoms with Gasteiger partial charge in [-0.3, -0.25) is 9.36 Å². The zero-order chi connectivity index (χ0) is 34.0. The van der Waals surface area contributed by atoms with Crippen molar-refractivity contribution in [3.05, 3.63) is 90.0 Å². The molecule has 1 saturated carbocycles. The molecule has 1 saturated heterocycles. The van der Waals surface area contributed by atoms with Crippen LogP contribution in [0, 0.1) is 0 Å². The number of urea groups is 1. The molecular formula is C35H36F3N5O5.